The number of likely N-dealkylation sites (tertiary alicyclic amines) is 1. The maximum atomic E-state index is 11.8. The van der Waals surface area contributed by atoms with E-state index in [-0.39, 0.29) is 22.8 Å². The van der Waals surface area contributed by atoms with Crippen molar-refractivity contribution in [2.24, 2.45) is 5.92 Å². The Morgan fingerprint density at radius 3 is 2.44 bits per heavy atom. The number of carbonyl (C=O) groups is 1. The van der Waals surface area contributed by atoms with Gasteiger partial charge in [0.25, 0.3) is 0 Å². The third-order valence-corrected chi connectivity index (χ3v) is 4.99. The number of nitrogens with zero attached hydrogens (tertiary/aromatic N) is 1. The summed E-state index contributed by atoms with van der Waals surface area (Å²) in [5.74, 6) is 0.257. The first-order valence-electron chi connectivity index (χ1n) is 5.50. The van der Waals surface area contributed by atoms with E-state index in [1.807, 2.05) is 13.8 Å². The molecule has 16 heavy (non-hydrogen) atoms. The molecule has 0 aromatic heterocycles. The van der Waals surface area contributed by atoms with E-state index < -0.39 is 9.84 Å². The molecule has 4 nitrogen and oxygen atoms in total. The molecule has 1 amide bonds. The topological polar surface area (TPSA) is 54.5 Å². The van der Waals surface area contributed by atoms with Gasteiger partial charge in [-0.1, -0.05) is 19.9 Å². The zero-order valence-corrected chi connectivity index (χ0v) is 10.8. The van der Waals surface area contributed by atoms with Crippen LogP contribution in [0.2, 0.25) is 0 Å². The van der Waals surface area contributed by atoms with Gasteiger partial charge in [0, 0.05) is 13.1 Å². The number of hydrogen-bond donors (Lipinski definition) is 0. The number of carbonyl (C=O) groups excluding carboxylic acids is 1. The number of hydrogen-bond acceptors (Lipinski definition) is 3. The number of sulfone groups is 1. The molecule has 0 unspecified atom stereocenters. The van der Waals surface area contributed by atoms with Gasteiger partial charge in [0.05, 0.1) is 11.0 Å². The zero-order valence-electron chi connectivity index (χ0n) is 10.0. The quantitative estimate of drug-likeness (QED) is 0.690. The van der Waals surface area contributed by atoms with E-state index in [4.69, 9.17) is 0 Å². The van der Waals surface area contributed by atoms with Crippen LogP contribution in [0.15, 0.2) is 12.2 Å². The average Bonchev–Trinajstić information content (AvgIpc) is 1.97. The summed E-state index contributed by atoms with van der Waals surface area (Å²) in [6, 6.07) is 0. The zero-order chi connectivity index (χ0) is 12.3. The fourth-order valence-electron chi connectivity index (χ4n) is 1.69. The molecular formula is C11H19NO3S. The Morgan fingerprint density at radius 2 is 2.00 bits per heavy atom. The minimum absolute atomic E-state index is 0.0986. The van der Waals surface area contributed by atoms with Crippen LogP contribution in [0.5, 0.6) is 0 Å². The first-order valence-corrected chi connectivity index (χ1v) is 7.21. The van der Waals surface area contributed by atoms with Gasteiger partial charge in [-0.05, 0) is 18.9 Å². The standard InChI is InChI=1S/C11H19NO3S/c1-4-5-11(13)12-6-10(7-12)16(14,15)8-9(2)3/h4-5,9-10H,6-8H2,1-3H3/b5-4+. The van der Waals surface area contributed by atoms with Crippen LogP contribution in [0.4, 0.5) is 0 Å². The summed E-state index contributed by atoms with van der Waals surface area (Å²) in [5.41, 5.74) is 0. The lowest BCUT2D eigenvalue weighted by Crippen LogP contribution is -2.57. The molecule has 0 aromatic rings. The van der Waals surface area contributed by atoms with E-state index in [1.165, 1.54) is 6.08 Å². The minimum atomic E-state index is -3.02. The van der Waals surface area contributed by atoms with Crippen molar-refractivity contribution in [1.82, 2.24) is 4.90 Å². The summed E-state index contributed by atoms with van der Waals surface area (Å²) in [5, 5.41) is -0.357. The highest BCUT2D eigenvalue weighted by molar-refractivity contribution is 7.92. The summed E-state index contributed by atoms with van der Waals surface area (Å²) in [6.07, 6.45) is 3.13. The molecule has 0 bridgehead atoms. The molecule has 0 aromatic carbocycles. The third kappa shape index (κ3) is 3.07. The SMILES string of the molecule is C/C=C/C(=O)N1CC(S(=O)(=O)CC(C)C)C1. The highest BCUT2D eigenvalue weighted by Gasteiger charge is 2.38. The Morgan fingerprint density at radius 1 is 1.44 bits per heavy atom. The minimum Gasteiger partial charge on any atom is -0.336 e. The fourth-order valence-corrected chi connectivity index (χ4v) is 3.71. The first kappa shape index (κ1) is 13.2. The van der Waals surface area contributed by atoms with Gasteiger partial charge < -0.3 is 4.90 Å². The van der Waals surface area contributed by atoms with Crippen molar-refractivity contribution in [3.8, 4) is 0 Å². The maximum absolute atomic E-state index is 11.8. The van der Waals surface area contributed by atoms with Crippen LogP contribution in [0.1, 0.15) is 20.8 Å². The lowest BCUT2D eigenvalue weighted by atomic mass is 10.2. The van der Waals surface area contributed by atoms with Crippen LogP contribution in [0.3, 0.4) is 0 Å². The molecule has 1 aliphatic rings. The summed E-state index contributed by atoms with van der Waals surface area (Å²) < 4.78 is 23.6. The van der Waals surface area contributed by atoms with Crippen LogP contribution < -0.4 is 0 Å². The summed E-state index contributed by atoms with van der Waals surface area (Å²) in [7, 11) is -3.02. The average molecular weight is 245 g/mol. The molecule has 1 heterocycles. The Bertz CT molecular complexity index is 378. The summed E-state index contributed by atoms with van der Waals surface area (Å²) >= 11 is 0. The van der Waals surface area contributed by atoms with Crippen molar-refractivity contribution in [2.45, 2.75) is 26.0 Å². The van der Waals surface area contributed by atoms with E-state index >= 15 is 0 Å². The van der Waals surface area contributed by atoms with Gasteiger partial charge >= 0.3 is 0 Å². The van der Waals surface area contributed by atoms with Crippen molar-refractivity contribution >= 4 is 15.7 Å². The van der Waals surface area contributed by atoms with Crippen molar-refractivity contribution in [1.29, 1.82) is 0 Å². The van der Waals surface area contributed by atoms with Gasteiger partial charge in [-0.25, -0.2) is 8.42 Å². The molecule has 0 saturated carbocycles. The van der Waals surface area contributed by atoms with Gasteiger partial charge in [-0.15, -0.1) is 0 Å². The number of rotatable bonds is 4. The van der Waals surface area contributed by atoms with Gasteiger partial charge in [0.2, 0.25) is 5.91 Å². The predicted octanol–water partition coefficient (Wildman–Crippen LogP) is 0.844. The second-order valence-electron chi connectivity index (χ2n) is 4.59. The van der Waals surface area contributed by atoms with Crippen LogP contribution >= 0.6 is 0 Å². The molecule has 5 heteroatoms. The molecule has 92 valence electrons. The van der Waals surface area contributed by atoms with Gasteiger partial charge in [-0.2, -0.15) is 0 Å². The molecule has 1 aliphatic heterocycles. The second kappa shape index (κ2) is 4.99. The molecule has 1 saturated heterocycles. The van der Waals surface area contributed by atoms with Crippen LogP contribution in [0, 0.1) is 5.92 Å². The van der Waals surface area contributed by atoms with Crippen molar-refractivity contribution in [2.75, 3.05) is 18.8 Å². The fraction of sp³-hybridized carbons (Fsp3) is 0.727. The summed E-state index contributed by atoms with van der Waals surface area (Å²) in [6.45, 7) is 6.24. The number of allylic oxidation sites excluding steroid dienone is 1. The second-order valence-corrected chi connectivity index (χ2v) is 6.91. The largest absolute Gasteiger partial charge is 0.336 e. The Labute approximate surface area is 97.2 Å². The molecule has 0 atom stereocenters. The normalized spacial score (nSPS) is 18.1. The van der Waals surface area contributed by atoms with E-state index in [2.05, 4.69) is 0 Å². The van der Waals surface area contributed by atoms with Crippen molar-refractivity contribution in [3.05, 3.63) is 12.2 Å². The van der Waals surface area contributed by atoms with Gasteiger partial charge in [-0.3, -0.25) is 4.79 Å². The smallest absolute Gasteiger partial charge is 0.246 e. The highest BCUT2D eigenvalue weighted by atomic mass is 32.2. The van der Waals surface area contributed by atoms with Crippen molar-refractivity contribution in [3.63, 3.8) is 0 Å². The number of amides is 1. The van der Waals surface area contributed by atoms with E-state index in [0.717, 1.165) is 0 Å². The van der Waals surface area contributed by atoms with Crippen LogP contribution in [-0.2, 0) is 14.6 Å². The Kier molecular flexibility index (Phi) is 4.13. The Hall–Kier alpha value is -0.840. The third-order valence-electron chi connectivity index (χ3n) is 2.54. The molecule has 0 aliphatic carbocycles. The van der Waals surface area contributed by atoms with E-state index in [0.29, 0.717) is 13.1 Å². The molecule has 1 fully saturated rings. The molecule has 0 radical (unpaired) electrons. The molecule has 1 rings (SSSR count). The van der Waals surface area contributed by atoms with Gasteiger partial charge in [0.1, 0.15) is 0 Å². The van der Waals surface area contributed by atoms with Crippen LogP contribution in [0.25, 0.3) is 0 Å². The highest BCUT2D eigenvalue weighted by Crippen LogP contribution is 2.19. The summed E-state index contributed by atoms with van der Waals surface area (Å²) in [4.78, 5) is 12.9. The molecule has 0 N–H and O–H groups in total. The maximum Gasteiger partial charge on any atom is 0.246 e. The van der Waals surface area contributed by atoms with Gasteiger partial charge in [0.15, 0.2) is 9.84 Å². The lowest BCUT2D eigenvalue weighted by molar-refractivity contribution is -0.129. The Balaban J connectivity index is 2.50. The van der Waals surface area contributed by atoms with Crippen molar-refractivity contribution < 1.29 is 13.2 Å². The monoisotopic (exact) mass is 245 g/mol. The van der Waals surface area contributed by atoms with E-state index in [9.17, 15) is 13.2 Å². The molecule has 0 spiro atoms. The lowest BCUT2D eigenvalue weighted by Gasteiger charge is -2.38. The first-order chi connectivity index (χ1) is 7.36. The molecular weight excluding hydrogens is 226 g/mol. The predicted molar refractivity (Wildman–Crippen MR) is 63.8 cm³/mol. The van der Waals surface area contributed by atoms with Crippen LogP contribution in [-0.4, -0.2) is 43.3 Å². The van der Waals surface area contributed by atoms with E-state index in [1.54, 1.807) is 17.9 Å².